The zero-order valence-corrected chi connectivity index (χ0v) is 33.6. The van der Waals surface area contributed by atoms with Gasteiger partial charge in [-0.05, 0) is 142 Å². The fraction of sp³-hybridized carbons (Fsp3) is 0.103. The van der Waals surface area contributed by atoms with Gasteiger partial charge in [0.15, 0.2) is 0 Å². The molecule has 4 aliphatic rings. The van der Waals surface area contributed by atoms with E-state index < -0.39 is 0 Å². The minimum Gasteiger partial charge on any atom is -0.456 e. The molecule has 0 amide bonds. The summed E-state index contributed by atoms with van der Waals surface area (Å²) >= 11 is 0. The Morgan fingerprint density at radius 2 is 0.915 bits per heavy atom. The van der Waals surface area contributed by atoms with Gasteiger partial charge in [-0.2, -0.15) is 0 Å². The molecule has 0 saturated heterocycles. The second-order valence-corrected chi connectivity index (χ2v) is 18.0. The minimum atomic E-state index is -0.112. The normalized spacial score (nSPS) is 16.8. The zero-order valence-electron chi connectivity index (χ0n) is 33.6. The summed E-state index contributed by atoms with van der Waals surface area (Å²) in [6, 6.07) is 59.0. The van der Waals surface area contributed by atoms with Crippen molar-refractivity contribution in [2.24, 2.45) is 0 Å². The maximum atomic E-state index is 6.52. The summed E-state index contributed by atoms with van der Waals surface area (Å²) in [7, 11) is 0. The first-order valence-corrected chi connectivity index (χ1v) is 20.9. The quantitative estimate of drug-likeness (QED) is 0.163. The Kier molecular flexibility index (Phi) is 6.37. The van der Waals surface area contributed by atoms with Gasteiger partial charge in [0, 0.05) is 21.6 Å². The van der Waals surface area contributed by atoms with Crippen molar-refractivity contribution in [3.63, 3.8) is 0 Å². The molecule has 0 radical (unpaired) electrons. The number of rotatable bonds is 1. The van der Waals surface area contributed by atoms with E-state index in [1.54, 1.807) is 0 Å². The summed E-state index contributed by atoms with van der Waals surface area (Å²) in [5.41, 5.74) is 27.9. The first-order chi connectivity index (χ1) is 28.8. The van der Waals surface area contributed by atoms with Crippen LogP contribution in [0.4, 0.5) is 0 Å². The van der Waals surface area contributed by atoms with E-state index in [1.165, 1.54) is 111 Å². The molecule has 9 aromatic rings. The van der Waals surface area contributed by atoms with Crippen LogP contribution in [-0.2, 0) is 10.8 Å². The van der Waals surface area contributed by atoms with Gasteiger partial charge in [-0.3, -0.25) is 0 Å². The molecule has 0 fully saturated rings. The lowest BCUT2D eigenvalue weighted by Crippen LogP contribution is -2.24. The van der Waals surface area contributed by atoms with Crippen LogP contribution in [0.15, 0.2) is 162 Å². The molecule has 0 aliphatic heterocycles. The third-order valence-electron chi connectivity index (χ3n) is 14.2. The second kappa shape index (κ2) is 11.4. The molecule has 1 aromatic heterocycles. The van der Waals surface area contributed by atoms with Crippen molar-refractivity contribution in [1.82, 2.24) is 0 Å². The SMILES string of the molecule is CC1(C)c2ccccc2-c2ccc3c(c21)C(C)(C)c1ccc(-c2ccc4c(c2)C=Cc2ccccc2/C4=C2\c4ccccc4-c4cc5c(cc42)oc2ccccc25)cc1-3. The van der Waals surface area contributed by atoms with Gasteiger partial charge in [0.05, 0.1) is 0 Å². The molecular formula is C58H40O. The first kappa shape index (κ1) is 33.1. The van der Waals surface area contributed by atoms with Crippen LogP contribution in [0.2, 0.25) is 0 Å². The van der Waals surface area contributed by atoms with E-state index >= 15 is 0 Å². The lowest BCUT2D eigenvalue weighted by molar-refractivity contribution is 0.601. The van der Waals surface area contributed by atoms with Gasteiger partial charge >= 0.3 is 0 Å². The van der Waals surface area contributed by atoms with E-state index in [0.29, 0.717) is 0 Å². The predicted octanol–water partition coefficient (Wildman–Crippen LogP) is 15.3. The summed E-state index contributed by atoms with van der Waals surface area (Å²) in [4.78, 5) is 0. The van der Waals surface area contributed by atoms with E-state index in [0.717, 1.165) is 21.9 Å². The van der Waals surface area contributed by atoms with Crippen molar-refractivity contribution in [2.45, 2.75) is 38.5 Å². The van der Waals surface area contributed by atoms with E-state index in [1.807, 2.05) is 0 Å². The zero-order chi connectivity index (χ0) is 39.4. The highest BCUT2D eigenvalue weighted by Gasteiger charge is 2.45. The lowest BCUT2D eigenvalue weighted by Gasteiger charge is -2.30. The minimum absolute atomic E-state index is 0.0645. The largest absolute Gasteiger partial charge is 0.456 e. The average molecular weight is 753 g/mol. The van der Waals surface area contributed by atoms with E-state index in [9.17, 15) is 0 Å². The molecule has 0 spiro atoms. The molecule has 0 unspecified atom stereocenters. The molecule has 0 bridgehead atoms. The van der Waals surface area contributed by atoms with E-state index in [2.05, 4.69) is 198 Å². The van der Waals surface area contributed by atoms with Crippen molar-refractivity contribution in [2.75, 3.05) is 0 Å². The number of fused-ring (bicyclic) bond motifs is 15. The van der Waals surface area contributed by atoms with Crippen LogP contribution >= 0.6 is 0 Å². The molecule has 13 rings (SSSR count). The predicted molar refractivity (Wildman–Crippen MR) is 247 cm³/mol. The highest BCUT2D eigenvalue weighted by atomic mass is 16.3. The fourth-order valence-corrected chi connectivity index (χ4v) is 11.5. The number of furan rings is 1. The van der Waals surface area contributed by atoms with Gasteiger partial charge in [0.2, 0.25) is 0 Å². The maximum Gasteiger partial charge on any atom is 0.136 e. The van der Waals surface area contributed by atoms with Crippen LogP contribution in [0.3, 0.4) is 0 Å². The summed E-state index contributed by atoms with van der Waals surface area (Å²) in [6.07, 6.45) is 4.63. The van der Waals surface area contributed by atoms with Crippen LogP contribution < -0.4 is 0 Å². The molecule has 0 atom stereocenters. The highest BCUT2D eigenvalue weighted by molar-refractivity contribution is 6.19. The van der Waals surface area contributed by atoms with E-state index in [4.69, 9.17) is 4.42 Å². The van der Waals surface area contributed by atoms with Crippen molar-refractivity contribution >= 4 is 45.2 Å². The molecule has 0 N–H and O–H groups in total. The van der Waals surface area contributed by atoms with Gasteiger partial charge in [-0.25, -0.2) is 0 Å². The Hall–Kier alpha value is -6.96. The number of para-hydroxylation sites is 1. The third kappa shape index (κ3) is 4.30. The Balaban J connectivity index is 1.00. The smallest absolute Gasteiger partial charge is 0.136 e. The van der Waals surface area contributed by atoms with Gasteiger partial charge < -0.3 is 4.42 Å². The van der Waals surface area contributed by atoms with Gasteiger partial charge in [0.1, 0.15) is 11.2 Å². The summed E-state index contributed by atoms with van der Waals surface area (Å²) in [6.45, 7) is 9.68. The maximum absolute atomic E-state index is 6.52. The Morgan fingerprint density at radius 1 is 0.339 bits per heavy atom. The molecule has 4 aliphatic carbocycles. The van der Waals surface area contributed by atoms with Crippen LogP contribution in [0.25, 0.3) is 89.7 Å². The second-order valence-electron chi connectivity index (χ2n) is 18.0. The molecule has 8 aromatic carbocycles. The van der Waals surface area contributed by atoms with Crippen LogP contribution in [0.5, 0.6) is 0 Å². The standard InChI is InChI=1S/C58H40O/c1-57(2)49-19-11-9-16-40(49)43-26-27-44-46-30-35(24-28-50(46)58(3,4)56(44)55(43)57)34-23-25-38-36(29-34)22-21-33-13-5-6-14-37(33)53(38)54-42-18-8-7-15-39(42)45-31-47-41-17-10-12-20-51(41)59-52(47)32-48(45)54/h5-32H,1-4H3/b54-53-. The number of hydrogen-bond acceptors (Lipinski definition) is 1. The first-order valence-electron chi connectivity index (χ1n) is 20.9. The van der Waals surface area contributed by atoms with Gasteiger partial charge in [-0.1, -0.05) is 167 Å². The Morgan fingerprint density at radius 3 is 1.75 bits per heavy atom. The monoisotopic (exact) mass is 752 g/mol. The van der Waals surface area contributed by atoms with Crippen LogP contribution in [0, 0.1) is 0 Å². The summed E-state index contributed by atoms with van der Waals surface area (Å²) in [5, 5.41) is 2.31. The van der Waals surface area contributed by atoms with Crippen LogP contribution in [-0.4, -0.2) is 0 Å². The average Bonchev–Trinajstić information content (AvgIpc) is 3.89. The topological polar surface area (TPSA) is 13.1 Å². The van der Waals surface area contributed by atoms with Crippen molar-refractivity contribution in [1.29, 1.82) is 0 Å². The molecule has 59 heavy (non-hydrogen) atoms. The van der Waals surface area contributed by atoms with Crippen molar-refractivity contribution < 1.29 is 4.42 Å². The third-order valence-corrected chi connectivity index (χ3v) is 14.2. The van der Waals surface area contributed by atoms with Crippen molar-refractivity contribution in [3.05, 3.63) is 213 Å². The van der Waals surface area contributed by atoms with Crippen molar-refractivity contribution in [3.8, 4) is 44.5 Å². The molecule has 1 heterocycles. The summed E-state index contributed by atoms with van der Waals surface area (Å²) in [5.74, 6) is 0. The Bertz CT molecular complexity index is 3430. The summed E-state index contributed by atoms with van der Waals surface area (Å²) < 4.78 is 6.52. The molecule has 0 saturated carbocycles. The number of hydrogen-bond donors (Lipinski definition) is 0. The van der Waals surface area contributed by atoms with Gasteiger partial charge in [0.25, 0.3) is 0 Å². The fourth-order valence-electron chi connectivity index (χ4n) is 11.5. The molecular weight excluding hydrogens is 713 g/mol. The highest BCUT2D eigenvalue weighted by Crippen LogP contribution is 2.59. The molecule has 278 valence electrons. The van der Waals surface area contributed by atoms with Gasteiger partial charge in [-0.15, -0.1) is 0 Å². The molecule has 1 heteroatoms. The van der Waals surface area contributed by atoms with E-state index in [-0.39, 0.29) is 10.8 Å². The number of benzene rings is 8. The lowest BCUT2D eigenvalue weighted by atomic mass is 9.72. The molecule has 1 nitrogen and oxygen atoms in total. The van der Waals surface area contributed by atoms with Crippen LogP contribution in [0.1, 0.15) is 83.3 Å². The Labute approximate surface area is 344 Å².